The van der Waals surface area contributed by atoms with E-state index in [1.54, 1.807) is 40.5 Å². The van der Waals surface area contributed by atoms with E-state index in [9.17, 15) is 4.39 Å². The van der Waals surface area contributed by atoms with Gasteiger partial charge in [-0.1, -0.05) is 17.7 Å². The van der Waals surface area contributed by atoms with E-state index >= 15 is 0 Å². The Bertz CT molecular complexity index is 790. The van der Waals surface area contributed by atoms with Crippen LogP contribution in [0.25, 0.3) is 0 Å². The maximum Gasteiger partial charge on any atom is 0.203 e. The number of nitrogens with one attached hydrogen (secondary N) is 2. The number of rotatable bonds is 7. The van der Waals surface area contributed by atoms with Gasteiger partial charge in [-0.3, -0.25) is 4.99 Å². The minimum Gasteiger partial charge on any atom is -0.493 e. The minimum atomic E-state index is -0.440. The summed E-state index contributed by atoms with van der Waals surface area (Å²) in [5, 5.41) is 6.45. The van der Waals surface area contributed by atoms with Gasteiger partial charge in [0.05, 0.1) is 26.4 Å². The van der Waals surface area contributed by atoms with Gasteiger partial charge in [0, 0.05) is 20.1 Å². The van der Waals surface area contributed by atoms with E-state index in [-0.39, 0.29) is 5.02 Å². The molecule has 2 rings (SSSR count). The molecule has 8 heteroatoms. The standard InChI is InChI=1S/C19H23ClFN3O3/c1-22-19(23-10-12-5-6-15(21)14(20)7-12)24-11-13-8-16(25-2)18(27-4)17(9-13)26-3/h5-9H,10-11H2,1-4H3,(H2,22,23,24). The van der Waals surface area contributed by atoms with Crippen LogP contribution in [0, 0.1) is 5.82 Å². The van der Waals surface area contributed by atoms with Gasteiger partial charge in [0.2, 0.25) is 5.75 Å². The van der Waals surface area contributed by atoms with Gasteiger partial charge in [0.25, 0.3) is 0 Å². The average molecular weight is 396 g/mol. The number of nitrogens with zero attached hydrogens (tertiary/aromatic N) is 1. The van der Waals surface area contributed by atoms with Crippen molar-refractivity contribution < 1.29 is 18.6 Å². The number of aliphatic imine (C=N–C) groups is 1. The van der Waals surface area contributed by atoms with E-state index in [1.165, 1.54) is 6.07 Å². The summed E-state index contributed by atoms with van der Waals surface area (Å²) in [5.74, 6) is 1.85. The van der Waals surface area contributed by atoms with Gasteiger partial charge >= 0.3 is 0 Å². The summed E-state index contributed by atoms with van der Waals surface area (Å²) in [6.45, 7) is 0.940. The largest absolute Gasteiger partial charge is 0.493 e. The molecule has 6 nitrogen and oxygen atoms in total. The topological polar surface area (TPSA) is 64.1 Å². The molecule has 2 N–H and O–H groups in total. The fraction of sp³-hybridized carbons (Fsp3) is 0.316. The molecule has 0 radical (unpaired) electrons. The van der Waals surface area contributed by atoms with Crippen LogP contribution in [0.3, 0.4) is 0 Å². The van der Waals surface area contributed by atoms with Crippen molar-refractivity contribution in [2.75, 3.05) is 28.4 Å². The summed E-state index contributed by atoms with van der Waals surface area (Å²) >= 11 is 5.80. The molecule has 0 amide bonds. The molecule has 0 spiro atoms. The molecule has 27 heavy (non-hydrogen) atoms. The van der Waals surface area contributed by atoms with Crippen LogP contribution < -0.4 is 24.8 Å². The van der Waals surface area contributed by atoms with Crippen LogP contribution in [0.1, 0.15) is 11.1 Å². The van der Waals surface area contributed by atoms with Crippen LogP contribution in [0.4, 0.5) is 4.39 Å². The molecule has 0 saturated heterocycles. The Morgan fingerprint density at radius 3 is 2.04 bits per heavy atom. The van der Waals surface area contributed by atoms with Crippen LogP contribution in [0.5, 0.6) is 17.2 Å². The number of halogens is 2. The van der Waals surface area contributed by atoms with Crippen LogP contribution in [-0.2, 0) is 13.1 Å². The molecule has 0 heterocycles. The molecule has 0 bridgehead atoms. The van der Waals surface area contributed by atoms with Crippen molar-refractivity contribution in [3.05, 3.63) is 52.3 Å². The number of benzene rings is 2. The predicted molar refractivity (Wildman–Crippen MR) is 105 cm³/mol. The molecule has 0 atom stereocenters. The molecular weight excluding hydrogens is 373 g/mol. The summed E-state index contributed by atoms with van der Waals surface area (Å²) < 4.78 is 29.3. The number of methoxy groups -OCH3 is 3. The Morgan fingerprint density at radius 2 is 1.56 bits per heavy atom. The second-order valence-electron chi connectivity index (χ2n) is 5.56. The van der Waals surface area contributed by atoms with Crippen molar-refractivity contribution >= 4 is 17.6 Å². The average Bonchev–Trinajstić information content (AvgIpc) is 2.69. The molecule has 0 saturated carbocycles. The molecule has 2 aromatic carbocycles. The van der Waals surface area contributed by atoms with E-state index in [4.69, 9.17) is 25.8 Å². The van der Waals surface area contributed by atoms with Crippen molar-refractivity contribution in [1.29, 1.82) is 0 Å². The SMILES string of the molecule is CN=C(NCc1ccc(F)c(Cl)c1)NCc1cc(OC)c(OC)c(OC)c1. The van der Waals surface area contributed by atoms with Gasteiger partial charge < -0.3 is 24.8 Å². The first-order valence-electron chi connectivity index (χ1n) is 8.19. The molecule has 0 aromatic heterocycles. The quantitative estimate of drug-likeness (QED) is 0.556. The Hall–Kier alpha value is -2.67. The first-order chi connectivity index (χ1) is 13.0. The molecule has 0 aliphatic heterocycles. The van der Waals surface area contributed by atoms with Gasteiger partial charge in [0.15, 0.2) is 17.5 Å². The third kappa shape index (κ3) is 5.40. The number of guanidine groups is 1. The Labute approximate surface area is 163 Å². The van der Waals surface area contributed by atoms with E-state index in [1.807, 2.05) is 12.1 Å². The van der Waals surface area contributed by atoms with Crippen LogP contribution in [-0.4, -0.2) is 34.3 Å². The van der Waals surface area contributed by atoms with E-state index in [0.717, 1.165) is 11.1 Å². The van der Waals surface area contributed by atoms with Gasteiger partial charge in [-0.25, -0.2) is 4.39 Å². The van der Waals surface area contributed by atoms with Crippen molar-refractivity contribution in [2.45, 2.75) is 13.1 Å². The highest BCUT2D eigenvalue weighted by Crippen LogP contribution is 2.38. The van der Waals surface area contributed by atoms with Crippen LogP contribution >= 0.6 is 11.6 Å². The smallest absolute Gasteiger partial charge is 0.203 e. The zero-order chi connectivity index (χ0) is 19.8. The maximum atomic E-state index is 13.2. The molecule has 146 valence electrons. The first kappa shape index (κ1) is 20.6. The molecule has 0 aliphatic carbocycles. The van der Waals surface area contributed by atoms with Gasteiger partial charge in [0.1, 0.15) is 5.82 Å². The lowest BCUT2D eigenvalue weighted by Crippen LogP contribution is -2.36. The van der Waals surface area contributed by atoms with E-state index < -0.39 is 5.82 Å². The molecule has 0 unspecified atom stereocenters. The molecular formula is C19H23ClFN3O3. The predicted octanol–water partition coefficient (Wildman–Crippen LogP) is 3.37. The summed E-state index contributed by atoms with van der Waals surface area (Å²) in [6, 6.07) is 8.31. The molecule has 2 aromatic rings. The highest BCUT2D eigenvalue weighted by atomic mass is 35.5. The molecule has 0 fully saturated rings. The monoisotopic (exact) mass is 395 g/mol. The van der Waals surface area contributed by atoms with Crippen LogP contribution in [0.15, 0.2) is 35.3 Å². The summed E-state index contributed by atoms with van der Waals surface area (Å²) in [5.41, 5.74) is 1.77. The van der Waals surface area contributed by atoms with Gasteiger partial charge in [-0.05, 0) is 35.4 Å². The Morgan fingerprint density at radius 1 is 0.963 bits per heavy atom. The third-order valence-corrected chi connectivity index (χ3v) is 4.14. The second-order valence-corrected chi connectivity index (χ2v) is 5.97. The Balaban J connectivity index is 2.02. The lowest BCUT2D eigenvalue weighted by molar-refractivity contribution is 0.323. The lowest BCUT2D eigenvalue weighted by atomic mass is 10.2. The van der Waals surface area contributed by atoms with Crippen LogP contribution in [0.2, 0.25) is 5.02 Å². The fourth-order valence-corrected chi connectivity index (χ4v) is 2.68. The highest BCUT2D eigenvalue weighted by molar-refractivity contribution is 6.30. The minimum absolute atomic E-state index is 0.0923. The zero-order valence-corrected chi connectivity index (χ0v) is 16.5. The fourth-order valence-electron chi connectivity index (χ4n) is 2.48. The van der Waals surface area contributed by atoms with Crippen molar-refractivity contribution in [2.24, 2.45) is 4.99 Å². The Kier molecular flexibility index (Phi) is 7.55. The highest BCUT2D eigenvalue weighted by Gasteiger charge is 2.13. The number of hydrogen-bond donors (Lipinski definition) is 2. The number of ether oxygens (including phenoxy) is 3. The van der Waals surface area contributed by atoms with Gasteiger partial charge in [-0.15, -0.1) is 0 Å². The number of hydrogen-bond acceptors (Lipinski definition) is 4. The summed E-state index contributed by atoms with van der Waals surface area (Å²) in [7, 11) is 6.37. The normalized spacial score (nSPS) is 11.1. The second kappa shape index (κ2) is 9.87. The van der Waals surface area contributed by atoms with E-state index in [0.29, 0.717) is 36.3 Å². The zero-order valence-electron chi connectivity index (χ0n) is 15.7. The van der Waals surface area contributed by atoms with Crippen molar-refractivity contribution in [1.82, 2.24) is 10.6 Å². The molecule has 0 aliphatic rings. The van der Waals surface area contributed by atoms with Crippen molar-refractivity contribution in [3.63, 3.8) is 0 Å². The van der Waals surface area contributed by atoms with E-state index in [2.05, 4.69) is 15.6 Å². The van der Waals surface area contributed by atoms with Gasteiger partial charge in [-0.2, -0.15) is 0 Å². The summed E-state index contributed by atoms with van der Waals surface area (Å²) in [4.78, 5) is 4.18. The lowest BCUT2D eigenvalue weighted by Gasteiger charge is -2.16. The van der Waals surface area contributed by atoms with Crippen molar-refractivity contribution in [3.8, 4) is 17.2 Å². The summed E-state index contributed by atoms with van der Waals surface area (Å²) in [6.07, 6.45) is 0. The third-order valence-electron chi connectivity index (χ3n) is 3.85. The maximum absolute atomic E-state index is 13.2. The first-order valence-corrected chi connectivity index (χ1v) is 8.57.